The summed E-state index contributed by atoms with van der Waals surface area (Å²) in [4.78, 5) is 29.4. The summed E-state index contributed by atoms with van der Waals surface area (Å²) in [6.45, 7) is 8.31. The third kappa shape index (κ3) is 7.92. The van der Waals surface area contributed by atoms with Crippen LogP contribution in [0.2, 0.25) is 0 Å². The fourth-order valence-corrected chi connectivity index (χ4v) is 5.90. The first-order valence-electron chi connectivity index (χ1n) is 17.3. The van der Waals surface area contributed by atoms with Gasteiger partial charge in [-0.05, 0) is 39.5 Å². The van der Waals surface area contributed by atoms with Gasteiger partial charge in [-0.1, -0.05) is 137 Å². The van der Waals surface area contributed by atoms with Gasteiger partial charge < -0.3 is 4.98 Å². The summed E-state index contributed by atoms with van der Waals surface area (Å²) in [6, 6.07) is 48.7. The molecule has 0 saturated heterocycles. The van der Waals surface area contributed by atoms with Crippen molar-refractivity contribution in [2.45, 2.75) is 27.7 Å². The van der Waals surface area contributed by atoms with Crippen molar-refractivity contribution in [1.29, 1.82) is 0 Å². The summed E-state index contributed by atoms with van der Waals surface area (Å²) in [7, 11) is 0. The second-order valence-electron chi connectivity index (χ2n) is 13.2. The molecule has 53 heavy (non-hydrogen) atoms. The van der Waals surface area contributed by atoms with Crippen LogP contribution in [0.3, 0.4) is 0 Å². The third-order valence-corrected chi connectivity index (χ3v) is 9.04. The molecule has 3 aromatic heterocycles. The first-order valence-corrected chi connectivity index (χ1v) is 17.3. The van der Waals surface area contributed by atoms with E-state index in [2.05, 4.69) is 113 Å². The largest absolute Gasteiger partial charge is 0.304 e. The van der Waals surface area contributed by atoms with Gasteiger partial charge in [-0.15, -0.1) is 29.8 Å². The van der Waals surface area contributed by atoms with Crippen molar-refractivity contribution in [3.8, 4) is 79.3 Å². The molecule has 0 aliphatic rings. The molecular weight excluding hydrogens is 829 g/mol. The second kappa shape index (κ2) is 15.3. The Hall–Kier alpha value is -6.01. The number of pyridine rings is 1. The van der Waals surface area contributed by atoms with E-state index in [0.717, 1.165) is 56.0 Å². The summed E-state index contributed by atoms with van der Waals surface area (Å²) in [5.74, 6) is 2.44. The Morgan fingerprint density at radius 1 is 0.358 bits per heavy atom. The maximum atomic E-state index is 4.99. The predicted molar refractivity (Wildman–Crippen MR) is 209 cm³/mol. The smallest absolute Gasteiger partial charge is 0.165 e. The van der Waals surface area contributed by atoms with E-state index < -0.39 is 0 Å². The molecule has 6 nitrogen and oxygen atoms in total. The minimum Gasteiger partial charge on any atom is -0.304 e. The Bertz CT molecular complexity index is 2190. The van der Waals surface area contributed by atoms with Crippen molar-refractivity contribution in [2.75, 3.05) is 0 Å². The summed E-state index contributed by atoms with van der Waals surface area (Å²) in [5.41, 5.74) is 13.8. The van der Waals surface area contributed by atoms with Crippen LogP contribution in [-0.2, 0) is 20.1 Å². The Balaban J connectivity index is 0.00000435. The zero-order chi connectivity index (χ0) is 35.6. The minimum absolute atomic E-state index is 0. The number of hydrogen-bond acceptors (Lipinski definition) is 6. The van der Waals surface area contributed by atoms with Crippen molar-refractivity contribution in [3.63, 3.8) is 0 Å². The van der Waals surface area contributed by atoms with Gasteiger partial charge in [-0.25, -0.2) is 24.9 Å². The molecule has 0 fully saturated rings. The molecule has 0 atom stereocenters. The second-order valence-corrected chi connectivity index (χ2v) is 13.2. The molecule has 0 aliphatic carbocycles. The average molecular weight is 864 g/mol. The minimum atomic E-state index is 0. The SMILES string of the molecule is Cc1ccc(-c2cc(-c3ccc(C)cc3)nc(-c3c[c-]c(-c4ccc(-c5nc(-c6ccc(C)cc6)nc(-c6ccc(C)cc6)n5)cn4)cc3)n2)cc1.[Ir]. The molecule has 0 bridgehead atoms. The number of nitrogens with zero attached hydrogens (tertiary/aromatic N) is 6. The van der Waals surface area contributed by atoms with Gasteiger partial charge in [0.1, 0.15) is 5.82 Å². The molecule has 0 spiro atoms. The van der Waals surface area contributed by atoms with Crippen molar-refractivity contribution in [2.24, 2.45) is 0 Å². The molecule has 0 unspecified atom stereocenters. The van der Waals surface area contributed by atoms with Crippen LogP contribution in [0.4, 0.5) is 0 Å². The maximum absolute atomic E-state index is 4.99. The standard InChI is InChI=1S/C46H35N6.Ir/c1-29-5-13-34(14-6-29)41-27-42(35-15-7-30(2)8-16-35)49-43(48-41)38-23-21-33(22-24-38)40-26-25-39(28-47-40)46-51-44(36-17-9-31(3)10-18-36)50-45(52-46)37-19-11-32(4)12-20-37;/h5-21,23-28H,1-4H3;/q-1;. The number of benzene rings is 5. The van der Waals surface area contributed by atoms with Gasteiger partial charge in [-0.2, -0.15) is 0 Å². The van der Waals surface area contributed by atoms with Gasteiger partial charge in [0.25, 0.3) is 0 Å². The van der Waals surface area contributed by atoms with E-state index >= 15 is 0 Å². The van der Waals surface area contributed by atoms with Crippen LogP contribution in [-0.4, -0.2) is 29.9 Å². The van der Waals surface area contributed by atoms with E-state index in [9.17, 15) is 0 Å². The zero-order valence-electron chi connectivity index (χ0n) is 29.8. The van der Waals surface area contributed by atoms with Crippen molar-refractivity contribution >= 4 is 0 Å². The summed E-state index contributed by atoms with van der Waals surface area (Å²) in [6.07, 6.45) is 1.81. The van der Waals surface area contributed by atoms with Gasteiger partial charge in [0.15, 0.2) is 17.5 Å². The van der Waals surface area contributed by atoms with Crippen LogP contribution in [0.1, 0.15) is 22.3 Å². The molecule has 259 valence electrons. The Morgan fingerprint density at radius 3 is 1.13 bits per heavy atom. The van der Waals surface area contributed by atoms with Gasteiger partial charge in [0, 0.05) is 54.1 Å². The van der Waals surface area contributed by atoms with Crippen molar-refractivity contribution < 1.29 is 20.1 Å². The van der Waals surface area contributed by atoms with Gasteiger partial charge in [0.05, 0.1) is 11.4 Å². The summed E-state index contributed by atoms with van der Waals surface area (Å²) >= 11 is 0. The monoisotopic (exact) mass is 864 g/mol. The molecule has 8 rings (SSSR count). The molecule has 1 radical (unpaired) electrons. The van der Waals surface area contributed by atoms with Gasteiger partial charge in [0.2, 0.25) is 0 Å². The van der Waals surface area contributed by atoms with Crippen LogP contribution in [0.25, 0.3) is 79.3 Å². The molecule has 0 saturated carbocycles. The third-order valence-electron chi connectivity index (χ3n) is 9.04. The summed E-state index contributed by atoms with van der Waals surface area (Å²) in [5, 5.41) is 0. The van der Waals surface area contributed by atoms with E-state index in [1.54, 1.807) is 0 Å². The van der Waals surface area contributed by atoms with Crippen LogP contribution < -0.4 is 0 Å². The Labute approximate surface area is 323 Å². The molecule has 7 heteroatoms. The van der Waals surface area contributed by atoms with Crippen molar-refractivity contribution in [3.05, 3.63) is 168 Å². The summed E-state index contributed by atoms with van der Waals surface area (Å²) < 4.78 is 0. The molecule has 0 N–H and O–H groups in total. The van der Waals surface area contributed by atoms with Crippen LogP contribution >= 0.6 is 0 Å². The molecule has 0 amide bonds. The first-order chi connectivity index (χ1) is 25.3. The Morgan fingerprint density at radius 2 is 0.736 bits per heavy atom. The fourth-order valence-electron chi connectivity index (χ4n) is 5.90. The number of rotatable bonds is 7. The molecule has 3 heterocycles. The molecule has 0 aliphatic heterocycles. The van der Waals surface area contributed by atoms with Crippen molar-refractivity contribution in [1.82, 2.24) is 29.9 Å². The number of aryl methyl sites for hydroxylation is 4. The van der Waals surface area contributed by atoms with Crippen LogP contribution in [0.15, 0.2) is 140 Å². The van der Waals surface area contributed by atoms with E-state index in [1.165, 1.54) is 22.3 Å². The molecule has 8 aromatic rings. The average Bonchev–Trinajstić information content (AvgIpc) is 3.19. The maximum Gasteiger partial charge on any atom is 0.165 e. The Kier molecular flexibility index (Phi) is 10.2. The number of hydrogen-bond donors (Lipinski definition) is 0. The fraction of sp³-hybridized carbons (Fsp3) is 0.0870. The quantitative estimate of drug-likeness (QED) is 0.149. The number of aromatic nitrogens is 6. The molecular formula is C46H35IrN6-. The van der Waals surface area contributed by atoms with E-state index in [-0.39, 0.29) is 20.1 Å². The topological polar surface area (TPSA) is 77.3 Å². The zero-order valence-corrected chi connectivity index (χ0v) is 32.2. The normalized spacial score (nSPS) is 10.9. The van der Waals surface area contributed by atoms with E-state index in [0.29, 0.717) is 23.3 Å². The van der Waals surface area contributed by atoms with E-state index in [1.807, 2.05) is 60.8 Å². The first kappa shape index (κ1) is 35.4. The van der Waals surface area contributed by atoms with E-state index in [4.69, 9.17) is 29.9 Å². The van der Waals surface area contributed by atoms with Gasteiger partial charge in [-0.3, -0.25) is 0 Å². The molecule has 5 aromatic carbocycles. The predicted octanol–water partition coefficient (Wildman–Crippen LogP) is 10.8. The van der Waals surface area contributed by atoms with Crippen LogP contribution in [0, 0.1) is 33.8 Å². The van der Waals surface area contributed by atoms with Crippen LogP contribution in [0.5, 0.6) is 0 Å². The van der Waals surface area contributed by atoms with Gasteiger partial charge >= 0.3 is 0 Å².